The number of hydrogen-bond donors (Lipinski definition) is 1. The van der Waals surface area contributed by atoms with Gasteiger partial charge in [-0.25, -0.2) is 0 Å². The molecular formula is C10H14ClNO. The minimum atomic E-state index is 0.0613. The SMILES string of the molecule is CCC(N)c1ccc(Cl)c(OC)c1. The van der Waals surface area contributed by atoms with Crippen LogP contribution in [0.25, 0.3) is 0 Å². The molecule has 1 aromatic rings. The van der Waals surface area contributed by atoms with Crippen LogP contribution < -0.4 is 10.5 Å². The minimum Gasteiger partial charge on any atom is -0.495 e. The van der Waals surface area contributed by atoms with Crippen LogP contribution in [-0.2, 0) is 0 Å². The molecule has 0 aliphatic carbocycles. The van der Waals surface area contributed by atoms with Crippen LogP contribution in [0.15, 0.2) is 18.2 Å². The Bertz CT molecular complexity index is 288. The molecule has 72 valence electrons. The first kappa shape index (κ1) is 10.4. The Balaban J connectivity index is 2.99. The Morgan fingerprint density at radius 2 is 2.23 bits per heavy atom. The van der Waals surface area contributed by atoms with Crippen LogP contribution in [0.5, 0.6) is 5.75 Å². The standard InChI is InChI=1S/C10H14ClNO/c1-3-9(12)7-4-5-8(11)10(6-7)13-2/h4-6,9H,3,12H2,1-2H3. The highest BCUT2D eigenvalue weighted by atomic mass is 35.5. The summed E-state index contributed by atoms with van der Waals surface area (Å²) < 4.78 is 5.09. The van der Waals surface area contributed by atoms with Crippen molar-refractivity contribution in [2.45, 2.75) is 19.4 Å². The van der Waals surface area contributed by atoms with Crippen molar-refractivity contribution < 1.29 is 4.74 Å². The fourth-order valence-corrected chi connectivity index (χ4v) is 1.34. The Kier molecular flexibility index (Phi) is 3.58. The molecular weight excluding hydrogens is 186 g/mol. The quantitative estimate of drug-likeness (QED) is 0.813. The van der Waals surface area contributed by atoms with Gasteiger partial charge in [-0.15, -0.1) is 0 Å². The molecule has 1 rings (SSSR count). The largest absolute Gasteiger partial charge is 0.495 e. The van der Waals surface area contributed by atoms with Crippen LogP contribution in [0.3, 0.4) is 0 Å². The Morgan fingerprint density at radius 1 is 1.54 bits per heavy atom. The number of methoxy groups -OCH3 is 1. The van der Waals surface area contributed by atoms with E-state index in [-0.39, 0.29) is 6.04 Å². The number of ether oxygens (including phenoxy) is 1. The van der Waals surface area contributed by atoms with Gasteiger partial charge in [-0.05, 0) is 24.1 Å². The molecule has 0 fully saturated rings. The normalized spacial score (nSPS) is 12.6. The molecule has 0 radical (unpaired) electrons. The van der Waals surface area contributed by atoms with Gasteiger partial charge in [0.25, 0.3) is 0 Å². The van der Waals surface area contributed by atoms with Crippen LogP contribution in [0, 0.1) is 0 Å². The van der Waals surface area contributed by atoms with Gasteiger partial charge in [0.05, 0.1) is 12.1 Å². The van der Waals surface area contributed by atoms with Gasteiger partial charge in [0, 0.05) is 6.04 Å². The summed E-state index contributed by atoms with van der Waals surface area (Å²) in [5.74, 6) is 0.683. The minimum absolute atomic E-state index is 0.0613. The molecule has 0 aromatic heterocycles. The van der Waals surface area contributed by atoms with E-state index < -0.39 is 0 Å². The van der Waals surface area contributed by atoms with Crippen LogP contribution in [0.4, 0.5) is 0 Å². The smallest absolute Gasteiger partial charge is 0.137 e. The van der Waals surface area contributed by atoms with Crippen LogP contribution >= 0.6 is 11.6 Å². The van der Waals surface area contributed by atoms with E-state index in [0.717, 1.165) is 12.0 Å². The Hall–Kier alpha value is -0.730. The second-order valence-corrected chi connectivity index (χ2v) is 3.32. The molecule has 2 N–H and O–H groups in total. The number of hydrogen-bond acceptors (Lipinski definition) is 2. The molecule has 0 heterocycles. The zero-order valence-corrected chi connectivity index (χ0v) is 8.64. The molecule has 13 heavy (non-hydrogen) atoms. The van der Waals surface area contributed by atoms with Gasteiger partial charge in [-0.3, -0.25) is 0 Å². The first-order chi connectivity index (χ1) is 6.19. The van der Waals surface area contributed by atoms with Gasteiger partial charge in [-0.2, -0.15) is 0 Å². The summed E-state index contributed by atoms with van der Waals surface area (Å²) in [6.45, 7) is 2.05. The van der Waals surface area contributed by atoms with Gasteiger partial charge in [0.1, 0.15) is 5.75 Å². The fourth-order valence-electron chi connectivity index (χ4n) is 1.14. The predicted octanol–water partition coefficient (Wildman–Crippen LogP) is 2.76. The lowest BCUT2D eigenvalue weighted by Crippen LogP contribution is -2.08. The first-order valence-corrected chi connectivity index (χ1v) is 4.65. The van der Waals surface area contributed by atoms with Crippen molar-refractivity contribution in [1.29, 1.82) is 0 Å². The van der Waals surface area contributed by atoms with E-state index >= 15 is 0 Å². The molecule has 0 aliphatic rings. The van der Waals surface area contributed by atoms with Crippen molar-refractivity contribution >= 4 is 11.6 Å². The molecule has 0 saturated carbocycles. The molecule has 0 spiro atoms. The summed E-state index contributed by atoms with van der Waals surface area (Å²) in [6, 6.07) is 5.69. The fraction of sp³-hybridized carbons (Fsp3) is 0.400. The number of nitrogens with two attached hydrogens (primary N) is 1. The molecule has 1 unspecified atom stereocenters. The summed E-state index contributed by atoms with van der Waals surface area (Å²) >= 11 is 5.88. The number of benzene rings is 1. The zero-order valence-electron chi connectivity index (χ0n) is 7.88. The van der Waals surface area contributed by atoms with Gasteiger partial charge < -0.3 is 10.5 Å². The van der Waals surface area contributed by atoms with Gasteiger partial charge in [0.2, 0.25) is 0 Å². The van der Waals surface area contributed by atoms with E-state index in [1.165, 1.54) is 0 Å². The van der Waals surface area contributed by atoms with Gasteiger partial charge in [-0.1, -0.05) is 24.6 Å². The maximum absolute atomic E-state index is 5.88. The molecule has 0 amide bonds. The maximum atomic E-state index is 5.88. The van der Waals surface area contributed by atoms with E-state index in [1.54, 1.807) is 7.11 Å². The van der Waals surface area contributed by atoms with Crippen molar-refractivity contribution in [3.63, 3.8) is 0 Å². The molecule has 1 aromatic carbocycles. The maximum Gasteiger partial charge on any atom is 0.137 e. The topological polar surface area (TPSA) is 35.2 Å². The molecule has 0 aliphatic heterocycles. The van der Waals surface area contributed by atoms with E-state index in [2.05, 4.69) is 0 Å². The van der Waals surface area contributed by atoms with E-state index in [4.69, 9.17) is 22.1 Å². The second kappa shape index (κ2) is 4.49. The third-order valence-corrected chi connectivity index (χ3v) is 2.36. The molecule has 0 saturated heterocycles. The lowest BCUT2D eigenvalue weighted by atomic mass is 10.1. The molecule has 2 nitrogen and oxygen atoms in total. The molecule has 3 heteroatoms. The van der Waals surface area contributed by atoms with Crippen molar-refractivity contribution in [3.05, 3.63) is 28.8 Å². The lowest BCUT2D eigenvalue weighted by molar-refractivity contribution is 0.414. The van der Waals surface area contributed by atoms with E-state index in [9.17, 15) is 0 Å². The lowest BCUT2D eigenvalue weighted by Gasteiger charge is -2.11. The summed E-state index contributed by atoms with van der Waals surface area (Å²) in [4.78, 5) is 0. The summed E-state index contributed by atoms with van der Waals surface area (Å²) in [7, 11) is 1.60. The number of halogens is 1. The highest BCUT2D eigenvalue weighted by Gasteiger charge is 2.06. The average Bonchev–Trinajstić information content (AvgIpc) is 2.17. The van der Waals surface area contributed by atoms with Crippen LogP contribution in [0.2, 0.25) is 5.02 Å². The molecule has 0 bridgehead atoms. The summed E-state index contributed by atoms with van der Waals surface area (Å²) in [5, 5.41) is 0.620. The van der Waals surface area contributed by atoms with Crippen molar-refractivity contribution in [2.24, 2.45) is 5.73 Å². The van der Waals surface area contributed by atoms with Crippen LogP contribution in [-0.4, -0.2) is 7.11 Å². The number of rotatable bonds is 3. The summed E-state index contributed by atoms with van der Waals surface area (Å²) in [6.07, 6.45) is 0.908. The van der Waals surface area contributed by atoms with Crippen LogP contribution in [0.1, 0.15) is 24.9 Å². The zero-order chi connectivity index (χ0) is 9.84. The molecule has 1 atom stereocenters. The Morgan fingerprint density at radius 3 is 2.77 bits per heavy atom. The van der Waals surface area contributed by atoms with Gasteiger partial charge in [0.15, 0.2) is 0 Å². The summed E-state index contributed by atoms with van der Waals surface area (Å²) in [5.41, 5.74) is 6.93. The van der Waals surface area contributed by atoms with E-state index in [0.29, 0.717) is 10.8 Å². The monoisotopic (exact) mass is 199 g/mol. The predicted molar refractivity (Wildman–Crippen MR) is 55.2 cm³/mol. The van der Waals surface area contributed by atoms with Crippen molar-refractivity contribution in [2.75, 3.05) is 7.11 Å². The third-order valence-electron chi connectivity index (χ3n) is 2.04. The third kappa shape index (κ3) is 2.36. The van der Waals surface area contributed by atoms with E-state index in [1.807, 2.05) is 25.1 Å². The Labute approximate surface area is 83.6 Å². The van der Waals surface area contributed by atoms with Gasteiger partial charge >= 0.3 is 0 Å². The van der Waals surface area contributed by atoms with Crippen molar-refractivity contribution in [3.8, 4) is 5.75 Å². The van der Waals surface area contributed by atoms with Crippen molar-refractivity contribution in [1.82, 2.24) is 0 Å². The highest BCUT2D eigenvalue weighted by molar-refractivity contribution is 6.32. The second-order valence-electron chi connectivity index (χ2n) is 2.91. The highest BCUT2D eigenvalue weighted by Crippen LogP contribution is 2.27. The average molecular weight is 200 g/mol. The first-order valence-electron chi connectivity index (χ1n) is 4.28.